The second kappa shape index (κ2) is 7.54. The summed E-state index contributed by atoms with van der Waals surface area (Å²) in [4.78, 5) is 28.1. The highest BCUT2D eigenvalue weighted by Crippen LogP contribution is 2.47. The molecule has 0 saturated heterocycles. The number of rotatable bonds is 6. The van der Waals surface area contributed by atoms with Crippen molar-refractivity contribution in [3.8, 4) is 11.1 Å². The minimum Gasteiger partial charge on any atom is -0.361 e. The van der Waals surface area contributed by atoms with E-state index in [1.165, 1.54) is 0 Å². The Morgan fingerprint density at radius 1 is 1.13 bits per heavy atom. The smallest absolute Gasteiger partial charge is 0.240 e. The van der Waals surface area contributed by atoms with Gasteiger partial charge in [-0.05, 0) is 56.8 Å². The number of carbonyl (C=O) groups is 2. The standard InChI is InChI=1S/C24H25N3O3/c1-15-22(16(2)30-26-15)17-10-11-21-20(12-17)24(23(29)25-21,13-19(28)14-27(3)4)18-8-6-5-7-9-18/h5-12H,13-14H2,1-4H3,(H,25,29). The lowest BCUT2D eigenvalue weighted by Gasteiger charge is -2.28. The fourth-order valence-corrected chi connectivity index (χ4v) is 4.40. The van der Waals surface area contributed by atoms with Gasteiger partial charge in [0.1, 0.15) is 17.0 Å². The predicted octanol–water partition coefficient (Wildman–Crippen LogP) is 3.72. The third-order valence-electron chi connectivity index (χ3n) is 5.66. The van der Waals surface area contributed by atoms with Crippen molar-refractivity contribution >= 4 is 17.4 Å². The molecule has 1 aliphatic heterocycles. The van der Waals surface area contributed by atoms with Gasteiger partial charge in [-0.1, -0.05) is 41.6 Å². The first-order chi connectivity index (χ1) is 14.3. The molecular formula is C24H25N3O3. The van der Waals surface area contributed by atoms with Crippen LogP contribution < -0.4 is 5.32 Å². The number of nitrogens with one attached hydrogen (secondary N) is 1. The van der Waals surface area contributed by atoms with Gasteiger partial charge in [0.05, 0.1) is 12.2 Å². The Balaban J connectivity index is 1.91. The zero-order valence-electron chi connectivity index (χ0n) is 17.7. The minimum absolute atomic E-state index is 0.00888. The molecule has 154 valence electrons. The molecule has 30 heavy (non-hydrogen) atoms. The summed E-state index contributed by atoms with van der Waals surface area (Å²) in [5.41, 5.74) is 3.91. The minimum atomic E-state index is -1.07. The Bertz CT molecular complexity index is 1100. The van der Waals surface area contributed by atoms with E-state index in [1.54, 1.807) is 0 Å². The van der Waals surface area contributed by atoms with Crippen molar-refractivity contribution in [1.29, 1.82) is 0 Å². The number of anilines is 1. The van der Waals surface area contributed by atoms with Gasteiger partial charge in [-0.15, -0.1) is 0 Å². The van der Waals surface area contributed by atoms with E-state index in [0.717, 1.165) is 39.4 Å². The van der Waals surface area contributed by atoms with Gasteiger partial charge in [0, 0.05) is 17.7 Å². The number of likely N-dealkylation sites (N-methyl/N-ethyl adjacent to an activating group) is 1. The molecular weight excluding hydrogens is 378 g/mol. The molecule has 0 radical (unpaired) electrons. The number of carbonyl (C=O) groups excluding carboxylic acids is 2. The van der Waals surface area contributed by atoms with Gasteiger partial charge >= 0.3 is 0 Å². The van der Waals surface area contributed by atoms with E-state index in [0.29, 0.717) is 0 Å². The summed E-state index contributed by atoms with van der Waals surface area (Å²) in [6, 6.07) is 15.4. The van der Waals surface area contributed by atoms with Crippen LogP contribution in [0, 0.1) is 13.8 Å². The monoisotopic (exact) mass is 403 g/mol. The van der Waals surface area contributed by atoms with E-state index >= 15 is 0 Å². The zero-order chi connectivity index (χ0) is 21.5. The number of benzene rings is 2. The average Bonchev–Trinajstić information content (AvgIpc) is 3.18. The lowest BCUT2D eigenvalue weighted by atomic mass is 9.71. The van der Waals surface area contributed by atoms with E-state index in [4.69, 9.17) is 4.52 Å². The van der Waals surface area contributed by atoms with Crippen LogP contribution in [0.3, 0.4) is 0 Å². The quantitative estimate of drug-likeness (QED) is 0.679. The van der Waals surface area contributed by atoms with Crippen LogP contribution in [0.1, 0.15) is 29.0 Å². The SMILES string of the molecule is Cc1noc(C)c1-c1ccc2c(c1)C(CC(=O)CN(C)C)(c1ccccc1)C(=O)N2. The van der Waals surface area contributed by atoms with Gasteiger partial charge < -0.3 is 14.7 Å². The molecule has 2 aromatic carbocycles. The summed E-state index contributed by atoms with van der Waals surface area (Å²) < 4.78 is 5.34. The summed E-state index contributed by atoms with van der Waals surface area (Å²) in [7, 11) is 3.70. The number of hydrogen-bond acceptors (Lipinski definition) is 5. The molecule has 1 aromatic heterocycles. The Kier molecular flexibility index (Phi) is 5.03. The van der Waals surface area contributed by atoms with Crippen molar-refractivity contribution in [1.82, 2.24) is 10.1 Å². The van der Waals surface area contributed by atoms with Crippen LogP contribution in [0.25, 0.3) is 11.1 Å². The highest BCUT2D eigenvalue weighted by atomic mass is 16.5. The van der Waals surface area contributed by atoms with Crippen LogP contribution >= 0.6 is 0 Å². The third kappa shape index (κ3) is 3.23. The summed E-state index contributed by atoms with van der Waals surface area (Å²) in [6.45, 7) is 4.05. The van der Waals surface area contributed by atoms with Crippen molar-refractivity contribution in [3.63, 3.8) is 0 Å². The molecule has 6 heteroatoms. The number of hydrogen-bond donors (Lipinski definition) is 1. The van der Waals surface area contributed by atoms with E-state index in [1.807, 2.05) is 81.4 Å². The highest BCUT2D eigenvalue weighted by Gasteiger charge is 2.49. The molecule has 1 unspecified atom stereocenters. The summed E-state index contributed by atoms with van der Waals surface area (Å²) >= 11 is 0. The molecule has 1 N–H and O–H groups in total. The number of amides is 1. The van der Waals surface area contributed by atoms with Crippen molar-refractivity contribution in [3.05, 3.63) is 71.1 Å². The second-order valence-corrected chi connectivity index (χ2v) is 8.14. The van der Waals surface area contributed by atoms with Crippen molar-refractivity contribution in [2.75, 3.05) is 26.0 Å². The molecule has 0 spiro atoms. The van der Waals surface area contributed by atoms with Crippen LogP contribution in [0.5, 0.6) is 0 Å². The van der Waals surface area contributed by atoms with Crippen LogP contribution in [0.15, 0.2) is 53.1 Å². The Morgan fingerprint density at radius 2 is 1.87 bits per heavy atom. The number of ketones is 1. The highest BCUT2D eigenvalue weighted by molar-refractivity contribution is 6.11. The first-order valence-electron chi connectivity index (χ1n) is 9.94. The molecule has 0 aliphatic carbocycles. The van der Waals surface area contributed by atoms with Gasteiger partial charge in [-0.25, -0.2) is 0 Å². The molecule has 0 bridgehead atoms. The molecule has 0 fully saturated rings. The first kappa shape index (κ1) is 20.0. The van der Waals surface area contributed by atoms with Gasteiger partial charge in [0.2, 0.25) is 5.91 Å². The topological polar surface area (TPSA) is 75.4 Å². The average molecular weight is 403 g/mol. The van der Waals surface area contributed by atoms with Crippen LogP contribution in [0.4, 0.5) is 5.69 Å². The van der Waals surface area contributed by atoms with Crippen LogP contribution in [-0.4, -0.2) is 42.4 Å². The number of aromatic nitrogens is 1. The predicted molar refractivity (Wildman–Crippen MR) is 115 cm³/mol. The Morgan fingerprint density at radius 3 is 2.50 bits per heavy atom. The Hall–Kier alpha value is -3.25. The first-order valence-corrected chi connectivity index (χ1v) is 9.94. The fourth-order valence-electron chi connectivity index (χ4n) is 4.40. The maximum Gasteiger partial charge on any atom is 0.240 e. The normalized spacial score (nSPS) is 17.8. The lowest BCUT2D eigenvalue weighted by molar-refractivity contribution is -0.126. The molecule has 4 rings (SSSR count). The maximum absolute atomic E-state index is 13.4. The van der Waals surface area contributed by atoms with Crippen molar-refractivity contribution in [2.45, 2.75) is 25.7 Å². The van der Waals surface area contributed by atoms with Crippen LogP contribution in [-0.2, 0) is 15.0 Å². The molecule has 1 atom stereocenters. The van der Waals surface area contributed by atoms with Gasteiger partial charge in [0.25, 0.3) is 0 Å². The van der Waals surface area contributed by atoms with E-state index < -0.39 is 5.41 Å². The van der Waals surface area contributed by atoms with E-state index in [-0.39, 0.29) is 24.7 Å². The third-order valence-corrected chi connectivity index (χ3v) is 5.66. The largest absolute Gasteiger partial charge is 0.361 e. The van der Waals surface area contributed by atoms with E-state index in [9.17, 15) is 9.59 Å². The number of nitrogens with zero attached hydrogens (tertiary/aromatic N) is 2. The zero-order valence-corrected chi connectivity index (χ0v) is 17.7. The summed E-state index contributed by atoms with van der Waals surface area (Å²) in [6.07, 6.45) is 0.0963. The van der Waals surface area contributed by atoms with Gasteiger partial charge in [-0.2, -0.15) is 0 Å². The molecule has 0 saturated carbocycles. The van der Waals surface area contributed by atoms with Gasteiger partial charge in [0.15, 0.2) is 0 Å². The number of Topliss-reactive ketones (excluding diaryl/α,β-unsaturated/α-hetero) is 1. The number of aryl methyl sites for hydroxylation is 2. The Labute approximate surface area is 175 Å². The molecule has 1 amide bonds. The summed E-state index contributed by atoms with van der Waals surface area (Å²) in [5, 5.41) is 7.06. The van der Waals surface area contributed by atoms with Gasteiger partial charge in [-0.3, -0.25) is 9.59 Å². The van der Waals surface area contributed by atoms with Crippen molar-refractivity contribution < 1.29 is 14.1 Å². The van der Waals surface area contributed by atoms with E-state index in [2.05, 4.69) is 10.5 Å². The van der Waals surface area contributed by atoms with Crippen molar-refractivity contribution in [2.24, 2.45) is 0 Å². The lowest BCUT2D eigenvalue weighted by Crippen LogP contribution is -2.39. The second-order valence-electron chi connectivity index (χ2n) is 8.14. The van der Waals surface area contributed by atoms with Crippen LogP contribution in [0.2, 0.25) is 0 Å². The molecule has 6 nitrogen and oxygen atoms in total. The molecule has 1 aliphatic rings. The fraction of sp³-hybridized carbons (Fsp3) is 0.292. The maximum atomic E-state index is 13.4. The molecule has 3 aromatic rings. The number of fused-ring (bicyclic) bond motifs is 1. The molecule has 2 heterocycles. The summed E-state index contributed by atoms with van der Waals surface area (Å²) in [5.74, 6) is 0.556.